The molecule has 1 saturated heterocycles. The van der Waals surface area contributed by atoms with Gasteiger partial charge in [0.1, 0.15) is 17.3 Å². The molecule has 1 aromatic heterocycles. The van der Waals surface area contributed by atoms with E-state index in [2.05, 4.69) is 15.3 Å². The summed E-state index contributed by atoms with van der Waals surface area (Å²) in [7, 11) is 3.13. The number of hydrogen-bond acceptors (Lipinski definition) is 6. The van der Waals surface area contributed by atoms with Crippen molar-refractivity contribution in [3.05, 3.63) is 77.4 Å². The third kappa shape index (κ3) is 4.79. The summed E-state index contributed by atoms with van der Waals surface area (Å²) in [6.45, 7) is 2.94. The van der Waals surface area contributed by atoms with E-state index in [-0.39, 0.29) is 17.7 Å². The highest BCUT2D eigenvalue weighted by Crippen LogP contribution is 2.28. The monoisotopic (exact) mass is 446 g/mol. The van der Waals surface area contributed by atoms with Crippen LogP contribution in [0.3, 0.4) is 0 Å². The molecule has 1 aliphatic rings. The van der Waals surface area contributed by atoms with Gasteiger partial charge in [-0.15, -0.1) is 0 Å². The number of para-hydroxylation sites is 2. The van der Waals surface area contributed by atoms with Gasteiger partial charge in [-0.1, -0.05) is 18.2 Å². The number of nitrogens with zero attached hydrogens (tertiary/aromatic N) is 3. The van der Waals surface area contributed by atoms with E-state index in [1.165, 1.54) is 0 Å². The first kappa shape index (κ1) is 22.3. The summed E-state index contributed by atoms with van der Waals surface area (Å²) in [5.74, 6) is 1.54. The van der Waals surface area contributed by atoms with Crippen molar-refractivity contribution in [3.63, 3.8) is 0 Å². The summed E-state index contributed by atoms with van der Waals surface area (Å²) in [4.78, 5) is 36.5. The predicted molar refractivity (Wildman–Crippen MR) is 124 cm³/mol. The van der Waals surface area contributed by atoms with E-state index in [0.717, 1.165) is 6.42 Å². The Morgan fingerprint density at radius 3 is 2.67 bits per heavy atom. The lowest BCUT2D eigenvalue weighted by molar-refractivity contribution is 0.0790. The van der Waals surface area contributed by atoms with Gasteiger partial charge in [0.15, 0.2) is 0 Å². The second-order valence-electron chi connectivity index (χ2n) is 7.85. The fraction of sp³-hybridized carbons (Fsp3) is 0.280. The minimum atomic E-state index is -0.301. The Balaban J connectivity index is 1.45. The van der Waals surface area contributed by atoms with Crippen LogP contribution in [-0.4, -0.2) is 54.0 Å². The van der Waals surface area contributed by atoms with Crippen LogP contribution < -0.4 is 14.8 Å². The van der Waals surface area contributed by atoms with E-state index in [4.69, 9.17) is 9.47 Å². The van der Waals surface area contributed by atoms with Gasteiger partial charge in [-0.25, -0.2) is 9.97 Å². The molecular formula is C25H26N4O4. The quantitative estimate of drug-likeness (QED) is 0.621. The molecule has 170 valence electrons. The summed E-state index contributed by atoms with van der Waals surface area (Å²) in [6, 6.07) is 14.4. The average Bonchev–Trinajstić information content (AvgIpc) is 3.34. The number of methoxy groups -OCH3 is 2. The van der Waals surface area contributed by atoms with E-state index in [1.807, 2.05) is 18.2 Å². The molecule has 2 amide bonds. The van der Waals surface area contributed by atoms with Gasteiger partial charge in [0.25, 0.3) is 11.8 Å². The number of ether oxygens (including phenoxy) is 2. The third-order valence-electron chi connectivity index (χ3n) is 5.76. The smallest absolute Gasteiger partial charge is 0.259 e. The van der Waals surface area contributed by atoms with Crippen LogP contribution in [0.5, 0.6) is 11.5 Å². The second-order valence-corrected chi connectivity index (χ2v) is 7.85. The normalized spacial score (nSPS) is 15.2. The first-order valence-corrected chi connectivity index (χ1v) is 10.7. The highest BCUT2D eigenvalue weighted by Gasteiger charge is 2.30. The Kier molecular flexibility index (Phi) is 6.53. The van der Waals surface area contributed by atoms with Crippen molar-refractivity contribution in [3.8, 4) is 11.5 Å². The van der Waals surface area contributed by atoms with E-state index in [1.54, 1.807) is 62.6 Å². The molecule has 1 N–H and O–H groups in total. The lowest BCUT2D eigenvalue weighted by Crippen LogP contribution is -2.28. The van der Waals surface area contributed by atoms with Crippen molar-refractivity contribution >= 4 is 17.5 Å². The fourth-order valence-corrected chi connectivity index (χ4v) is 3.94. The fourth-order valence-electron chi connectivity index (χ4n) is 3.94. The van der Waals surface area contributed by atoms with Crippen LogP contribution >= 0.6 is 0 Å². The molecule has 0 saturated carbocycles. The number of rotatable bonds is 6. The zero-order valence-corrected chi connectivity index (χ0v) is 18.9. The molecule has 8 nitrogen and oxygen atoms in total. The van der Waals surface area contributed by atoms with Crippen LogP contribution in [0.1, 0.15) is 44.6 Å². The molecule has 0 spiro atoms. The van der Waals surface area contributed by atoms with Crippen molar-refractivity contribution in [2.24, 2.45) is 0 Å². The van der Waals surface area contributed by atoms with Crippen molar-refractivity contribution in [2.45, 2.75) is 19.3 Å². The Bertz CT molecular complexity index is 1180. The molecule has 0 bridgehead atoms. The van der Waals surface area contributed by atoms with E-state index >= 15 is 0 Å². The van der Waals surface area contributed by atoms with Crippen molar-refractivity contribution in [2.75, 3.05) is 32.6 Å². The molecule has 1 fully saturated rings. The summed E-state index contributed by atoms with van der Waals surface area (Å²) in [5.41, 5.74) is 2.16. The number of hydrogen-bond donors (Lipinski definition) is 1. The third-order valence-corrected chi connectivity index (χ3v) is 5.76. The molecule has 1 atom stereocenters. The first-order chi connectivity index (χ1) is 16.0. The van der Waals surface area contributed by atoms with Gasteiger partial charge in [0.05, 0.1) is 31.2 Å². The summed E-state index contributed by atoms with van der Waals surface area (Å²) >= 11 is 0. The number of aryl methyl sites for hydroxylation is 1. The van der Waals surface area contributed by atoms with Crippen LogP contribution in [0.15, 0.2) is 54.7 Å². The minimum absolute atomic E-state index is 0.0181. The largest absolute Gasteiger partial charge is 0.497 e. The molecule has 3 aromatic rings. The lowest BCUT2D eigenvalue weighted by atomic mass is 10.1. The number of likely N-dealkylation sites (tertiary alicyclic amines) is 1. The number of carbonyl (C=O) groups is 2. The van der Waals surface area contributed by atoms with Crippen LogP contribution in [-0.2, 0) is 0 Å². The Morgan fingerprint density at radius 2 is 1.91 bits per heavy atom. The molecular weight excluding hydrogens is 420 g/mol. The maximum atomic E-state index is 12.9. The second kappa shape index (κ2) is 9.68. The van der Waals surface area contributed by atoms with Gasteiger partial charge in [-0.05, 0) is 43.7 Å². The van der Waals surface area contributed by atoms with Crippen molar-refractivity contribution in [1.82, 2.24) is 14.9 Å². The highest BCUT2D eigenvalue weighted by molar-refractivity contribution is 6.05. The first-order valence-electron chi connectivity index (χ1n) is 10.7. The van der Waals surface area contributed by atoms with E-state index in [9.17, 15) is 9.59 Å². The van der Waals surface area contributed by atoms with Gasteiger partial charge in [0, 0.05) is 30.8 Å². The predicted octanol–water partition coefficient (Wildman–Crippen LogP) is 3.68. The van der Waals surface area contributed by atoms with Gasteiger partial charge in [-0.3, -0.25) is 9.59 Å². The van der Waals surface area contributed by atoms with Gasteiger partial charge in [0.2, 0.25) is 0 Å². The molecule has 0 radical (unpaired) electrons. The molecule has 1 aliphatic heterocycles. The summed E-state index contributed by atoms with van der Waals surface area (Å²) in [6.07, 6.45) is 2.32. The lowest BCUT2D eigenvalue weighted by Gasteiger charge is -2.17. The number of anilines is 1. The van der Waals surface area contributed by atoms with E-state index in [0.29, 0.717) is 52.9 Å². The van der Waals surface area contributed by atoms with Gasteiger partial charge < -0.3 is 19.7 Å². The van der Waals surface area contributed by atoms with Crippen molar-refractivity contribution < 1.29 is 19.1 Å². The van der Waals surface area contributed by atoms with E-state index < -0.39 is 0 Å². The van der Waals surface area contributed by atoms with Gasteiger partial charge >= 0.3 is 0 Å². The maximum absolute atomic E-state index is 12.9. The van der Waals surface area contributed by atoms with Crippen LogP contribution in [0.2, 0.25) is 0 Å². The average molecular weight is 447 g/mol. The zero-order chi connectivity index (χ0) is 23.4. The molecule has 4 rings (SSSR count). The Hall–Kier alpha value is -3.94. The highest BCUT2D eigenvalue weighted by atomic mass is 16.5. The molecule has 2 aromatic carbocycles. The van der Waals surface area contributed by atoms with Crippen LogP contribution in [0.4, 0.5) is 5.69 Å². The number of nitrogens with one attached hydrogen (secondary N) is 1. The maximum Gasteiger partial charge on any atom is 0.259 e. The summed E-state index contributed by atoms with van der Waals surface area (Å²) < 4.78 is 10.5. The summed E-state index contributed by atoms with van der Waals surface area (Å²) in [5, 5.41) is 2.85. The number of carbonyl (C=O) groups excluding carboxylic acids is 2. The Morgan fingerprint density at radius 1 is 1.09 bits per heavy atom. The number of aromatic nitrogens is 2. The molecule has 33 heavy (non-hydrogen) atoms. The standard InChI is InChI=1S/C25H26N4O4/c1-16-20(24(30)28-21-9-4-5-10-22(21)33-3)14-26-23(27-16)18-11-12-29(15-18)25(31)17-7-6-8-19(13-17)32-2/h4-10,13-14,18H,11-12,15H2,1-3H3,(H,28,30). The molecule has 0 aliphatic carbocycles. The number of amides is 2. The van der Waals surface area contributed by atoms with Crippen molar-refractivity contribution in [1.29, 1.82) is 0 Å². The SMILES string of the molecule is COc1cccc(C(=O)N2CCC(c3ncc(C(=O)Nc4ccccc4OC)c(C)n3)C2)c1. The number of benzene rings is 2. The topological polar surface area (TPSA) is 93.7 Å². The molecule has 2 heterocycles. The van der Waals surface area contributed by atoms with Gasteiger partial charge in [-0.2, -0.15) is 0 Å². The Labute approximate surface area is 192 Å². The zero-order valence-electron chi connectivity index (χ0n) is 18.9. The molecule has 1 unspecified atom stereocenters. The minimum Gasteiger partial charge on any atom is -0.497 e. The van der Waals surface area contributed by atoms with Crippen LogP contribution in [0.25, 0.3) is 0 Å². The van der Waals surface area contributed by atoms with Crippen LogP contribution in [0, 0.1) is 6.92 Å². The molecule has 8 heteroatoms.